The molecular formula is C21H18N2O3S2. The zero-order valence-corrected chi connectivity index (χ0v) is 16.6. The second kappa shape index (κ2) is 6.18. The molecule has 5 rings (SSSR count). The number of carbonyl (C=O) groups excluding carboxylic acids is 1. The van der Waals surface area contributed by atoms with E-state index in [-0.39, 0.29) is 17.4 Å². The number of nitrogens with one attached hydrogen (secondary N) is 1. The summed E-state index contributed by atoms with van der Waals surface area (Å²) < 4.78 is 25.1. The molecule has 0 aliphatic carbocycles. The summed E-state index contributed by atoms with van der Waals surface area (Å²) in [6.45, 7) is 0. The van der Waals surface area contributed by atoms with Gasteiger partial charge < -0.3 is 10.7 Å². The summed E-state index contributed by atoms with van der Waals surface area (Å²) in [5.74, 6) is -0.205. The maximum absolute atomic E-state index is 12.1. The Morgan fingerprint density at radius 1 is 1.14 bits per heavy atom. The average molecular weight is 411 g/mol. The van der Waals surface area contributed by atoms with Crippen LogP contribution >= 0.6 is 11.3 Å². The van der Waals surface area contributed by atoms with Crippen molar-refractivity contribution in [1.82, 2.24) is 4.98 Å². The van der Waals surface area contributed by atoms with Crippen molar-refractivity contribution >= 4 is 48.1 Å². The van der Waals surface area contributed by atoms with Gasteiger partial charge in [-0.15, -0.1) is 11.3 Å². The van der Waals surface area contributed by atoms with Crippen LogP contribution in [0.25, 0.3) is 32.1 Å². The van der Waals surface area contributed by atoms with Crippen LogP contribution in [-0.2, 0) is 9.84 Å². The topological polar surface area (TPSA) is 93.0 Å². The number of benzene rings is 2. The number of sulfone groups is 1. The lowest BCUT2D eigenvalue weighted by atomic mass is 9.93. The summed E-state index contributed by atoms with van der Waals surface area (Å²) in [7, 11) is -3.00. The number of aromatic amines is 1. The molecule has 5 nitrogen and oxygen atoms in total. The third-order valence-electron chi connectivity index (χ3n) is 5.54. The number of nitrogens with two attached hydrogens (primary N) is 1. The van der Waals surface area contributed by atoms with Crippen molar-refractivity contribution in [2.75, 3.05) is 11.5 Å². The first kappa shape index (κ1) is 17.5. The molecule has 2 aromatic heterocycles. The third kappa shape index (κ3) is 2.82. The molecule has 1 unspecified atom stereocenters. The lowest BCUT2D eigenvalue weighted by molar-refractivity contribution is 0.100. The van der Waals surface area contributed by atoms with Gasteiger partial charge in [-0.3, -0.25) is 4.79 Å². The first-order valence-corrected chi connectivity index (χ1v) is 11.7. The van der Waals surface area contributed by atoms with Gasteiger partial charge in [0.25, 0.3) is 5.91 Å². The standard InChI is InChI=1S/C21H18N2O3S2/c22-21(24)17-9-15(12-1-2-19-13(7-12)3-5-27-19)8-16-18(10-23-20(16)17)14-4-6-28(25,26)11-14/h1-3,5,7-10,14,23H,4,6,11H2,(H2,22,24). The summed E-state index contributed by atoms with van der Waals surface area (Å²) in [5, 5.41) is 4.08. The van der Waals surface area contributed by atoms with Crippen LogP contribution in [0.2, 0.25) is 0 Å². The number of primary amides is 1. The highest BCUT2D eigenvalue weighted by Gasteiger charge is 2.31. The first-order valence-electron chi connectivity index (χ1n) is 9.04. The highest BCUT2D eigenvalue weighted by molar-refractivity contribution is 7.91. The molecule has 0 bridgehead atoms. The number of aromatic nitrogens is 1. The molecule has 1 fully saturated rings. The van der Waals surface area contributed by atoms with Crippen LogP contribution in [0, 0.1) is 0 Å². The summed E-state index contributed by atoms with van der Waals surface area (Å²) in [5.41, 5.74) is 9.59. The van der Waals surface area contributed by atoms with Gasteiger partial charge in [0.15, 0.2) is 9.84 Å². The normalized spacial score (nSPS) is 18.8. The number of fused-ring (bicyclic) bond motifs is 2. The number of carbonyl (C=O) groups is 1. The molecule has 1 saturated heterocycles. The fraction of sp³-hybridized carbons (Fsp3) is 0.190. The van der Waals surface area contributed by atoms with Gasteiger partial charge in [0.2, 0.25) is 0 Å². The van der Waals surface area contributed by atoms with E-state index in [0.717, 1.165) is 27.5 Å². The Hall–Kier alpha value is -2.64. The highest BCUT2D eigenvalue weighted by atomic mass is 32.2. The van der Waals surface area contributed by atoms with Crippen molar-refractivity contribution in [1.29, 1.82) is 0 Å². The number of rotatable bonds is 3. The van der Waals surface area contributed by atoms with E-state index in [1.807, 2.05) is 24.4 Å². The molecule has 3 heterocycles. The van der Waals surface area contributed by atoms with Crippen molar-refractivity contribution in [2.45, 2.75) is 12.3 Å². The first-order chi connectivity index (χ1) is 13.4. The van der Waals surface area contributed by atoms with E-state index in [4.69, 9.17) is 5.73 Å². The van der Waals surface area contributed by atoms with Gasteiger partial charge in [0.05, 0.1) is 22.6 Å². The van der Waals surface area contributed by atoms with E-state index in [2.05, 4.69) is 28.6 Å². The molecule has 1 aliphatic rings. The van der Waals surface area contributed by atoms with Crippen molar-refractivity contribution in [2.24, 2.45) is 5.73 Å². The molecule has 7 heteroatoms. The van der Waals surface area contributed by atoms with Gasteiger partial charge in [-0.05, 0) is 64.2 Å². The smallest absolute Gasteiger partial charge is 0.250 e. The highest BCUT2D eigenvalue weighted by Crippen LogP contribution is 2.37. The van der Waals surface area contributed by atoms with Crippen LogP contribution in [0.1, 0.15) is 28.3 Å². The molecule has 0 spiro atoms. The molecule has 142 valence electrons. The second-order valence-electron chi connectivity index (χ2n) is 7.33. The van der Waals surface area contributed by atoms with E-state index in [1.54, 1.807) is 11.3 Å². The number of hydrogen-bond acceptors (Lipinski definition) is 4. The predicted molar refractivity (Wildman–Crippen MR) is 114 cm³/mol. The quantitative estimate of drug-likeness (QED) is 0.534. The molecule has 4 aromatic rings. The van der Waals surface area contributed by atoms with Crippen LogP contribution in [0.15, 0.2) is 48.0 Å². The van der Waals surface area contributed by atoms with Crippen LogP contribution in [-0.4, -0.2) is 30.8 Å². The minimum atomic E-state index is -3.00. The van der Waals surface area contributed by atoms with E-state index in [0.29, 0.717) is 17.5 Å². The Labute approximate surface area is 166 Å². The predicted octanol–water partition coefficient (Wildman–Crippen LogP) is 4.05. The third-order valence-corrected chi connectivity index (χ3v) is 8.21. The van der Waals surface area contributed by atoms with Gasteiger partial charge in [0.1, 0.15) is 0 Å². The largest absolute Gasteiger partial charge is 0.366 e. The van der Waals surface area contributed by atoms with E-state index < -0.39 is 15.7 Å². The van der Waals surface area contributed by atoms with E-state index >= 15 is 0 Å². The molecule has 2 aromatic carbocycles. The molecule has 1 atom stereocenters. The van der Waals surface area contributed by atoms with Crippen molar-refractivity contribution in [3.05, 3.63) is 59.1 Å². The summed E-state index contributed by atoms with van der Waals surface area (Å²) >= 11 is 1.69. The van der Waals surface area contributed by atoms with Crippen molar-refractivity contribution in [3.63, 3.8) is 0 Å². The van der Waals surface area contributed by atoms with Crippen LogP contribution < -0.4 is 5.73 Å². The second-order valence-corrected chi connectivity index (χ2v) is 10.5. The van der Waals surface area contributed by atoms with Gasteiger partial charge >= 0.3 is 0 Å². The van der Waals surface area contributed by atoms with Gasteiger partial charge in [0, 0.05) is 22.2 Å². The van der Waals surface area contributed by atoms with Crippen LogP contribution in [0.5, 0.6) is 0 Å². The van der Waals surface area contributed by atoms with Gasteiger partial charge in [-0.2, -0.15) is 0 Å². The Balaban J connectivity index is 1.71. The molecule has 0 radical (unpaired) electrons. The van der Waals surface area contributed by atoms with E-state index in [9.17, 15) is 13.2 Å². The van der Waals surface area contributed by atoms with Gasteiger partial charge in [-0.25, -0.2) is 8.42 Å². The Morgan fingerprint density at radius 3 is 2.75 bits per heavy atom. The SMILES string of the molecule is NC(=O)c1cc(-c2ccc3sccc3c2)cc2c(C3CCS(=O)(=O)C3)c[nH]c12. The molecular weight excluding hydrogens is 392 g/mol. The minimum absolute atomic E-state index is 0.0610. The minimum Gasteiger partial charge on any atom is -0.366 e. The number of hydrogen-bond donors (Lipinski definition) is 2. The van der Waals surface area contributed by atoms with Gasteiger partial charge in [-0.1, -0.05) is 6.07 Å². The fourth-order valence-corrected chi connectivity index (χ4v) is 6.68. The number of H-pyrrole nitrogens is 1. The molecule has 1 aliphatic heterocycles. The fourth-order valence-electron chi connectivity index (χ4n) is 4.14. The zero-order valence-electron chi connectivity index (χ0n) is 14.9. The Kier molecular flexibility index (Phi) is 3.86. The molecule has 3 N–H and O–H groups in total. The summed E-state index contributed by atoms with van der Waals surface area (Å²) in [6.07, 6.45) is 2.43. The van der Waals surface area contributed by atoms with E-state index in [1.165, 1.54) is 4.70 Å². The van der Waals surface area contributed by atoms with Crippen molar-refractivity contribution in [3.8, 4) is 11.1 Å². The van der Waals surface area contributed by atoms with Crippen molar-refractivity contribution < 1.29 is 13.2 Å². The zero-order chi connectivity index (χ0) is 19.5. The Bertz CT molecular complexity index is 1350. The lowest BCUT2D eigenvalue weighted by Gasteiger charge is -2.10. The molecule has 28 heavy (non-hydrogen) atoms. The van der Waals surface area contributed by atoms with Crippen LogP contribution in [0.3, 0.4) is 0 Å². The molecule has 1 amide bonds. The summed E-state index contributed by atoms with van der Waals surface area (Å²) in [4.78, 5) is 15.3. The average Bonchev–Trinajstić information content (AvgIpc) is 3.37. The maximum Gasteiger partial charge on any atom is 0.250 e. The Morgan fingerprint density at radius 2 is 2.00 bits per heavy atom. The lowest BCUT2D eigenvalue weighted by Crippen LogP contribution is -2.11. The number of amides is 1. The molecule has 0 saturated carbocycles. The monoisotopic (exact) mass is 410 g/mol. The van der Waals surface area contributed by atoms with Crippen LogP contribution in [0.4, 0.5) is 0 Å². The maximum atomic E-state index is 12.1. The number of thiophene rings is 1. The summed E-state index contributed by atoms with van der Waals surface area (Å²) in [6, 6.07) is 12.1.